The third-order valence-electron chi connectivity index (χ3n) is 3.18. The van der Waals surface area contributed by atoms with Gasteiger partial charge in [0.25, 0.3) is 0 Å². The van der Waals surface area contributed by atoms with Gasteiger partial charge in [-0.1, -0.05) is 0 Å². The first kappa shape index (κ1) is 13.1. The number of hydrogen-bond acceptors (Lipinski definition) is 6. The molecule has 0 aromatic carbocycles. The van der Waals surface area contributed by atoms with Crippen LogP contribution in [0.2, 0.25) is 0 Å². The summed E-state index contributed by atoms with van der Waals surface area (Å²) in [7, 11) is 0. The Hall–Kier alpha value is -0.850. The Morgan fingerprint density at radius 1 is 1.32 bits per heavy atom. The molecular formula is C13H18N4S2. The maximum Gasteiger partial charge on any atom is 0.146 e. The van der Waals surface area contributed by atoms with Crippen LogP contribution in [0.25, 0.3) is 10.2 Å². The van der Waals surface area contributed by atoms with Crippen LogP contribution in [0.3, 0.4) is 0 Å². The highest BCUT2D eigenvalue weighted by atomic mass is 32.2. The summed E-state index contributed by atoms with van der Waals surface area (Å²) in [5, 5.41) is 6.58. The summed E-state index contributed by atoms with van der Waals surface area (Å²) < 4.78 is 0. The van der Waals surface area contributed by atoms with Crippen LogP contribution in [0, 0.1) is 0 Å². The maximum atomic E-state index is 4.69. The second-order valence-electron chi connectivity index (χ2n) is 4.55. The van der Waals surface area contributed by atoms with Crippen molar-refractivity contribution < 1.29 is 0 Å². The van der Waals surface area contributed by atoms with Crippen LogP contribution in [0.4, 0.5) is 5.82 Å². The topological polar surface area (TPSA) is 41.1 Å². The summed E-state index contributed by atoms with van der Waals surface area (Å²) in [5.74, 6) is 4.37. The molecule has 1 N–H and O–H groups in total. The second-order valence-corrected chi connectivity index (χ2v) is 6.67. The highest BCUT2D eigenvalue weighted by molar-refractivity contribution is 7.99. The monoisotopic (exact) mass is 294 g/mol. The maximum absolute atomic E-state index is 4.69. The molecular weight excluding hydrogens is 276 g/mol. The van der Waals surface area contributed by atoms with E-state index in [1.807, 2.05) is 11.8 Å². The number of anilines is 1. The Bertz CT molecular complexity index is 549. The van der Waals surface area contributed by atoms with Gasteiger partial charge in [0.2, 0.25) is 0 Å². The van der Waals surface area contributed by atoms with Crippen molar-refractivity contribution in [3.63, 3.8) is 0 Å². The van der Waals surface area contributed by atoms with E-state index in [1.54, 1.807) is 11.3 Å². The van der Waals surface area contributed by atoms with E-state index < -0.39 is 0 Å². The fraction of sp³-hybridized carbons (Fsp3) is 0.538. The Morgan fingerprint density at radius 2 is 2.16 bits per heavy atom. The van der Waals surface area contributed by atoms with Gasteiger partial charge in [0.1, 0.15) is 16.5 Å². The number of hydrogen-bond donors (Lipinski definition) is 1. The molecule has 0 saturated carbocycles. The van der Waals surface area contributed by atoms with Crippen molar-refractivity contribution in [3.8, 4) is 0 Å². The molecule has 1 saturated heterocycles. The molecule has 0 aliphatic carbocycles. The predicted molar refractivity (Wildman–Crippen MR) is 84.2 cm³/mol. The Labute approximate surface area is 121 Å². The summed E-state index contributed by atoms with van der Waals surface area (Å²) in [6.07, 6.45) is 0. The molecule has 1 aliphatic rings. The minimum atomic E-state index is 0.868. The van der Waals surface area contributed by atoms with Gasteiger partial charge in [-0.3, -0.25) is 4.90 Å². The van der Waals surface area contributed by atoms with E-state index in [4.69, 9.17) is 9.97 Å². The third kappa shape index (κ3) is 3.01. The van der Waals surface area contributed by atoms with Crippen molar-refractivity contribution in [2.24, 2.45) is 0 Å². The smallest absolute Gasteiger partial charge is 0.146 e. The van der Waals surface area contributed by atoms with Gasteiger partial charge in [-0.2, -0.15) is 11.8 Å². The molecule has 0 radical (unpaired) electrons. The summed E-state index contributed by atoms with van der Waals surface area (Å²) in [4.78, 5) is 12.9. The highest BCUT2D eigenvalue weighted by Gasteiger charge is 2.14. The van der Waals surface area contributed by atoms with Crippen LogP contribution in [0.5, 0.6) is 0 Å². The summed E-state index contributed by atoms with van der Waals surface area (Å²) in [6, 6.07) is 2.10. The van der Waals surface area contributed by atoms with Gasteiger partial charge in [-0.15, -0.1) is 11.3 Å². The fourth-order valence-corrected chi connectivity index (χ4v) is 3.99. The van der Waals surface area contributed by atoms with Crippen LogP contribution in [-0.4, -0.2) is 46.0 Å². The molecule has 0 amide bonds. The van der Waals surface area contributed by atoms with Crippen molar-refractivity contribution in [1.82, 2.24) is 14.9 Å². The lowest BCUT2D eigenvalue weighted by Gasteiger charge is -2.25. The van der Waals surface area contributed by atoms with E-state index >= 15 is 0 Å². The van der Waals surface area contributed by atoms with E-state index in [-0.39, 0.29) is 0 Å². The van der Waals surface area contributed by atoms with E-state index in [0.29, 0.717) is 0 Å². The number of fused-ring (bicyclic) bond motifs is 1. The first-order valence-corrected chi connectivity index (χ1v) is 8.68. The lowest BCUT2D eigenvalue weighted by atomic mass is 10.3. The summed E-state index contributed by atoms with van der Waals surface area (Å²) >= 11 is 3.72. The molecule has 4 nitrogen and oxygen atoms in total. The number of nitrogens with zero attached hydrogens (tertiary/aromatic N) is 3. The molecule has 0 spiro atoms. The Morgan fingerprint density at radius 3 is 2.95 bits per heavy atom. The fourth-order valence-electron chi connectivity index (χ4n) is 2.23. The number of thiophene rings is 1. The van der Waals surface area contributed by atoms with Crippen LogP contribution in [0.1, 0.15) is 12.7 Å². The van der Waals surface area contributed by atoms with Gasteiger partial charge < -0.3 is 5.32 Å². The normalized spacial score (nSPS) is 16.9. The van der Waals surface area contributed by atoms with E-state index in [9.17, 15) is 0 Å². The van der Waals surface area contributed by atoms with Crippen LogP contribution in [0.15, 0.2) is 11.4 Å². The van der Waals surface area contributed by atoms with E-state index in [2.05, 4.69) is 28.6 Å². The number of rotatable bonds is 4. The second kappa shape index (κ2) is 6.07. The number of nitrogens with one attached hydrogen (secondary N) is 1. The minimum Gasteiger partial charge on any atom is -0.370 e. The predicted octanol–water partition coefficient (Wildman–Crippen LogP) is 2.67. The van der Waals surface area contributed by atoms with Gasteiger partial charge in [0.05, 0.1) is 11.9 Å². The zero-order valence-corrected chi connectivity index (χ0v) is 12.7. The van der Waals surface area contributed by atoms with Crippen molar-refractivity contribution >= 4 is 39.1 Å². The molecule has 0 unspecified atom stereocenters. The van der Waals surface area contributed by atoms with Gasteiger partial charge in [0, 0.05) is 31.1 Å². The van der Waals surface area contributed by atoms with Crippen LogP contribution >= 0.6 is 23.1 Å². The largest absolute Gasteiger partial charge is 0.370 e. The van der Waals surface area contributed by atoms with Crippen LogP contribution in [-0.2, 0) is 6.54 Å². The molecule has 0 bridgehead atoms. The Kier molecular flexibility index (Phi) is 4.20. The van der Waals surface area contributed by atoms with Crippen LogP contribution < -0.4 is 5.32 Å². The van der Waals surface area contributed by atoms with Gasteiger partial charge >= 0.3 is 0 Å². The molecule has 6 heteroatoms. The molecule has 102 valence electrons. The number of thioether (sulfide) groups is 1. The minimum absolute atomic E-state index is 0.868. The van der Waals surface area contributed by atoms with E-state index in [0.717, 1.165) is 48.0 Å². The van der Waals surface area contributed by atoms with Crippen molar-refractivity contribution in [2.45, 2.75) is 13.5 Å². The molecule has 0 atom stereocenters. The zero-order chi connectivity index (χ0) is 13.1. The quantitative estimate of drug-likeness (QED) is 0.939. The molecule has 2 aromatic rings. The standard InChI is InChI=1S/C13H18N4S2/c1-2-14-12-10-3-6-19-13(10)16-11(15-12)9-17-4-7-18-8-5-17/h3,6H,2,4-5,7-9H2,1H3,(H,14,15,16). The SMILES string of the molecule is CCNc1nc(CN2CCSCC2)nc2sccc12. The lowest BCUT2D eigenvalue weighted by Crippen LogP contribution is -2.32. The summed E-state index contributed by atoms with van der Waals surface area (Å²) in [5.41, 5.74) is 0. The molecule has 3 rings (SSSR count). The molecule has 2 aromatic heterocycles. The van der Waals surface area contributed by atoms with Gasteiger partial charge in [-0.25, -0.2) is 9.97 Å². The van der Waals surface area contributed by atoms with E-state index in [1.165, 1.54) is 11.5 Å². The third-order valence-corrected chi connectivity index (χ3v) is 4.93. The van der Waals surface area contributed by atoms with Crippen molar-refractivity contribution in [2.75, 3.05) is 36.5 Å². The van der Waals surface area contributed by atoms with Gasteiger partial charge in [0.15, 0.2) is 0 Å². The van der Waals surface area contributed by atoms with Crippen molar-refractivity contribution in [3.05, 3.63) is 17.3 Å². The molecule has 19 heavy (non-hydrogen) atoms. The first-order chi connectivity index (χ1) is 9.36. The molecule has 3 heterocycles. The number of aromatic nitrogens is 2. The van der Waals surface area contributed by atoms with Gasteiger partial charge in [-0.05, 0) is 18.4 Å². The first-order valence-electron chi connectivity index (χ1n) is 6.65. The zero-order valence-electron chi connectivity index (χ0n) is 11.1. The van der Waals surface area contributed by atoms with Crippen molar-refractivity contribution in [1.29, 1.82) is 0 Å². The average molecular weight is 294 g/mol. The highest BCUT2D eigenvalue weighted by Crippen LogP contribution is 2.25. The average Bonchev–Trinajstić information content (AvgIpc) is 2.89. The lowest BCUT2D eigenvalue weighted by molar-refractivity contribution is 0.287. The molecule has 1 fully saturated rings. The Balaban J connectivity index is 1.85. The summed E-state index contributed by atoms with van der Waals surface area (Å²) in [6.45, 7) is 6.15. The molecule has 1 aliphatic heterocycles.